The number of nitrogens with one attached hydrogen (secondary N) is 2. The number of rotatable bonds is 10. The number of carbonyl (C=O) groups excluding carboxylic acids is 1. The van der Waals surface area contributed by atoms with Crippen LogP contribution in [0.15, 0.2) is 0 Å². The maximum atomic E-state index is 11.4. The zero-order chi connectivity index (χ0) is 13.1. The van der Waals surface area contributed by atoms with E-state index >= 15 is 0 Å². The quantitative estimate of drug-likeness (QED) is 0.567. The van der Waals surface area contributed by atoms with E-state index in [4.69, 9.17) is 0 Å². The molecule has 0 aliphatic rings. The molecule has 0 aromatic carbocycles. The Bertz CT molecular complexity index is 193. The van der Waals surface area contributed by atoms with Gasteiger partial charge < -0.3 is 15.5 Å². The van der Waals surface area contributed by atoms with Crippen LogP contribution in [0.1, 0.15) is 39.5 Å². The average Bonchev–Trinajstić information content (AvgIpc) is 2.23. The van der Waals surface area contributed by atoms with E-state index in [0.29, 0.717) is 12.5 Å². The van der Waals surface area contributed by atoms with Gasteiger partial charge in [-0.25, -0.2) is 0 Å². The lowest BCUT2D eigenvalue weighted by atomic mass is 10.2. The first-order valence-electron chi connectivity index (χ1n) is 6.67. The van der Waals surface area contributed by atoms with Gasteiger partial charge in [-0.1, -0.05) is 13.8 Å². The monoisotopic (exact) mass is 243 g/mol. The van der Waals surface area contributed by atoms with Crippen molar-refractivity contribution in [1.29, 1.82) is 0 Å². The van der Waals surface area contributed by atoms with Crippen molar-refractivity contribution in [2.75, 3.05) is 33.7 Å². The second-order valence-corrected chi connectivity index (χ2v) is 5.07. The smallest absolute Gasteiger partial charge is 0.220 e. The van der Waals surface area contributed by atoms with E-state index in [1.54, 1.807) is 0 Å². The minimum Gasteiger partial charge on any atom is -0.356 e. The highest BCUT2D eigenvalue weighted by Crippen LogP contribution is 1.91. The molecule has 4 heteroatoms. The molecule has 0 fully saturated rings. The minimum atomic E-state index is 0.181. The molecule has 0 bridgehead atoms. The third-order valence-electron chi connectivity index (χ3n) is 2.49. The van der Waals surface area contributed by atoms with Crippen molar-refractivity contribution in [3.63, 3.8) is 0 Å². The van der Waals surface area contributed by atoms with Gasteiger partial charge in [0.1, 0.15) is 0 Å². The first-order chi connectivity index (χ1) is 8.02. The summed E-state index contributed by atoms with van der Waals surface area (Å²) in [6, 6.07) is 0.504. The van der Waals surface area contributed by atoms with E-state index in [9.17, 15) is 4.79 Å². The molecule has 2 N–H and O–H groups in total. The Kier molecular flexibility index (Phi) is 10.2. The van der Waals surface area contributed by atoms with Gasteiger partial charge in [-0.3, -0.25) is 4.79 Å². The van der Waals surface area contributed by atoms with Gasteiger partial charge in [-0.2, -0.15) is 0 Å². The molecule has 102 valence electrons. The first-order valence-corrected chi connectivity index (χ1v) is 6.67. The number of nitrogens with zero attached hydrogens (tertiary/aromatic N) is 1. The van der Waals surface area contributed by atoms with Crippen molar-refractivity contribution in [1.82, 2.24) is 15.5 Å². The van der Waals surface area contributed by atoms with E-state index < -0.39 is 0 Å². The Morgan fingerprint density at radius 3 is 2.41 bits per heavy atom. The Labute approximate surface area is 106 Å². The number of hydrogen-bond donors (Lipinski definition) is 2. The van der Waals surface area contributed by atoms with Crippen LogP contribution in [0, 0.1) is 0 Å². The topological polar surface area (TPSA) is 44.4 Å². The lowest BCUT2D eigenvalue weighted by molar-refractivity contribution is -0.121. The third kappa shape index (κ3) is 13.3. The number of carbonyl (C=O) groups is 1. The summed E-state index contributed by atoms with van der Waals surface area (Å²) in [6.45, 7) is 7.06. The average molecular weight is 243 g/mol. The molecule has 0 aromatic rings. The largest absolute Gasteiger partial charge is 0.356 e. The molecule has 1 amide bonds. The molecule has 0 atom stereocenters. The summed E-state index contributed by atoms with van der Waals surface area (Å²) in [5, 5.41) is 6.26. The van der Waals surface area contributed by atoms with Crippen LogP contribution < -0.4 is 10.6 Å². The molecular formula is C13H29N3O. The first kappa shape index (κ1) is 16.4. The van der Waals surface area contributed by atoms with Gasteiger partial charge in [0, 0.05) is 19.0 Å². The maximum absolute atomic E-state index is 11.4. The molecule has 0 heterocycles. The highest BCUT2D eigenvalue weighted by atomic mass is 16.1. The van der Waals surface area contributed by atoms with Crippen LogP contribution in [0.2, 0.25) is 0 Å². The van der Waals surface area contributed by atoms with Gasteiger partial charge in [-0.05, 0) is 46.4 Å². The van der Waals surface area contributed by atoms with Crippen LogP contribution in [0.4, 0.5) is 0 Å². The van der Waals surface area contributed by atoms with E-state index in [2.05, 4.69) is 43.5 Å². The van der Waals surface area contributed by atoms with Gasteiger partial charge in [0.05, 0.1) is 0 Å². The molecule has 0 spiro atoms. The Morgan fingerprint density at radius 2 is 1.82 bits per heavy atom. The predicted molar refractivity (Wildman–Crippen MR) is 73.2 cm³/mol. The molecule has 0 rings (SSSR count). The Morgan fingerprint density at radius 1 is 1.12 bits per heavy atom. The van der Waals surface area contributed by atoms with Crippen LogP contribution in [0.25, 0.3) is 0 Å². The summed E-state index contributed by atoms with van der Waals surface area (Å²) in [6.07, 6.45) is 3.76. The summed E-state index contributed by atoms with van der Waals surface area (Å²) in [7, 11) is 4.14. The molecule has 17 heavy (non-hydrogen) atoms. The van der Waals surface area contributed by atoms with Crippen LogP contribution in [-0.2, 0) is 4.79 Å². The fraction of sp³-hybridized carbons (Fsp3) is 0.923. The summed E-state index contributed by atoms with van der Waals surface area (Å²) in [5.74, 6) is 0.181. The Balaban J connectivity index is 3.23. The van der Waals surface area contributed by atoms with Crippen molar-refractivity contribution in [2.24, 2.45) is 0 Å². The van der Waals surface area contributed by atoms with Gasteiger partial charge in [0.25, 0.3) is 0 Å². The van der Waals surface area contributed by atoms with Gasteiger partial charge in [0.2, 0.25) is 5.91 Å². The summed E-state index contributed by atoms with van der Waals surface area (Å²) in [5.41, 5.74) is 0. The normalized spacial score (nSPS) is 11.2. The van der Waals surface area contributed by atoms with Crippen LogP contribution in [-0.4, -0.2) is 50.6 Å². The molecule has 0 aromatic heterocycles. The zero-order valence-corrected chi connectivity index (χ0v) is 11.9. The molecule has 0 radical (unpaired) electrons. The van der Waals surface area contributed by atoms with Crippen molar-refractivity contribution in [2.45, 2.75) is 45.6 Å². The summed E-state index contributed by atoms with van der Waals surface area (Å²) >= 11 is 0. The third-order valence-corrected chi connectivity index (χ3v) is 2.49. The van der Waals surface area contributed by atoms with E-state index in [-0.39, 0.29) is 5.91 Å². The summed E-state index contributed by atoms with van der Waals surface area (Å²) in [4.78, 5) is 13.6. The highest BCUT2D eigenvalue weighted by Gasteiger charge is 2.00. The van der Waals surface area contributed by atoms with Crippen molar-refractivity contribution < 1.29 is 4.79 Å². The molecular weight excluding hydrogens is 214 g/mol. The van der Waals surface area contributed by atoms with E-state index in [1.807, 2.05) is 0 Å². The maximum Gasteiger partial charge on any atom is 0.220 e. The van der Waals surface area contributed by atoms with Crippen LogP contribution >= 0.6 is 0 Å². The van der Waals surface area contributed by atoms with Gasteiger partial charge in [-0.15, -0.1) is 0 Å². The Hall–Kier alpha value is -0.610. The van der Waals surface area contributed by atoms with Crippen molar-refractivity contribution in [3.05, 3.63) is 0 Å². The fourth-order valence-electron chi connectivity index (χ4n) is 1.51. The lowest BCUT2D eigenvalue weighted by Crippen LogP contribution is -2.28. The van der Waals surface area contributed by atoms with Crippen molar-refractivity contribution in [3.8, 4) is 0 Å². The van der Waals surface area contributed by atoms with Gasteiger partial charge in [0.15, 0.2) is 0 Å². The standard InChI is InChI=1S/C13H29N3O/c1-12(2)14-10-7-8-13(17)15-9-5-6-11-16(3)4/h12,14H,5-11H2,1-4H3,(H,15,17). The highest BCUT2D eigenvalue weighted by molar-refractivity contribution is 5.75. The SMILES string of the molecule is CC(C)NCCCC(=O)NCCCCN(C)C. The van der Waals surface area contributed by atoms with Crippen LogP contribution in [0.3, 0.4) is 0 Å². The minimum absolute atomic E-state index is 0.181. The molecule has 0 saturated carbocycles. The predicted octanol–water partition coefficient (Wildman–Crippen LogP) is 1.22. The number of hydrogen-bond acceptors (Lipinski definition) is 3. The lowest BCUT2D eigenvalue weighted by Gasteiger charge is -2.10. The zero-order valence-electron chi connectivity index (χ0n) is 11.9. The van der Waals surface area contributed by atoms with Gasteiger partial charge >= 0.3 is 0 Å². The number of amides is 1. The van der Waals surface area contributed by atoms with Crippen molar-refractivity contribution >= 4 is 5.91 Å². The molecule has 0 aliphatic heterocycles. The molecule has 0 unspecified atom stereocenters. The molecule has 0 aliphatic carbocycles. The number of unbranched alkanes of at least 4 members (excludes halogenated alkanes) is 1. The molecule has 0 saturated heterocycles. The van der Waals surface area contributed by atoms with E-state index in [0.717, 1.165) is 38.9 Å². The fourth-order valence-corrected chi connectivity index (χ4v) is 1.51. The van der Waals surface area contributed by atoms with Crippen LogP contribution in [0.5, 0.6) is 0 Å². The second kappa shape index (κ2) is 10.5. The van der Waals surface area contributed by atoms with E-state index in [1.165, 1.54) is 0 Å². The second-order valence-electron chi connectivity index (χ2n) is 5.07. The molecule has 4 nitrogen and oxygen atoms in total. The summed E-state index contributed by atoms with van der Waals surface area (Å²) < 4.78 is 0.